The van der Waals surface area contributed by atoms with Crippen LogP contribution in [0.25, 0.3) is 55.7 Å². The van der Waals surface area contributed by atoms with Crippen LogP contribution in [-0.2, 0) is 14.1 Å². The predicted octanol–water partition coefficient (Wildman–Crippen LogP) is 7.69. The van der Waals surface area contributed by atoms with E-state index >= 15 is 0 Å². The fourth-order valence-electron chi connectivity index (χ4n) is 5.39. The predicted molar refractivity (Wildman–Crippen MR) is 192 cm³/mol. The summed E-state index contributed by atoms with van der Waals surface area (Å²) in [7, 11) is 3.79. The van der Waals surface area contributed by atoms with E-state index in [1.54, 1.807) is 46.3 Å². The van der Waals surface area contributed by atoms with Gasteiger partial charge in [-0.05, 0) is 83.9 Å². The van der Waals surface area contributed by atoms with Crippen LogP contribution in [0.5, 0.6) is 0 Å². The molecule has 0 saturated heterocycles. The molecule has 11 heteroatoms. The molecule has 4 aromatic heterocycles. The van der Waals surface area contributed by atoms with Gasteiger partial charge in [0.05, 0.1) is 51.7 Å². The number of aromatic carboxylic acids is 1. The molecule has 4 aromatic carbocycles. The first kappa shape index (κ1) is 33.6. The summed E-state index contributed by atoms with van der Waals surface area (Å²) in [5, 5.41) is 26.4. The van der Waals surface area contributed by atoms with Gasteiger partial charge < -0.3 is 5.11 Å². The van der Waals surface area contributed by atoms with Crippen molar-refractivity contribution in [3.05, 3.63) is 133 Å². The first-order valence-electron chi connectivity index (χ1n) is 14.6. The first-order chi connectivity index (χ1) is 22.9. The Labute approximate surface area is 283 Å². The molecule has 0 aliphatic rings. The summed E-state index contributed by atoms with van der Waals surface area (Å²) in [5.41, 5.74) is 10.8. The average molecular weight is 650 g/mol. The van der Waals surface area contributed by atoms with E-state index in [9.17, 15) is 4.79 Å². The number of benzene rings is 4. The van der Waals surface area contributed by atoms with Gasteiger partial charge in [0.15, 0.2) is 0 Å². The summed E-state index contributed by atoms with van der Waals surface area (Å²) in [6.45, 7) is 0. The molecule has 1 N–H and O–H groups in total. The molecule has 0 atom stereocenters. The van der Waals surface area contributed by atoms with Crippen molar-refractivity contribution in [3.63, 3.8) is 0 Å². The van der Waals surface area contributed by atoms with Gasteiger partial charge in [-0.1, -0.05) is 27.0 Å². The number of hydrogen-bond donors (Lipinski definition) is 1. The Morgan fingerprint density at radius 3 is 1.49 bits per heavy atom. The summed E-state index contributed by atoms with van der Waals surface area (Å²) >= 11 is 0. The van der Waals surface area contributed by atoms with E-state index in [4.69, 9.17) is 10.4 Å². The molecule has 4 heterocycles. The second kappa shape index (κ2) is 13.9. The monoisotopic (exact) mass is 649 g/mol. The molecule has 0 saturated carbocycles. The highest BCUT2D eigenvalue weighted by Crippen LogP contribution is 2.27. The maximum Gasteiger partial charge on any atom is 0.335 e. The summed E-state index contributed by atoms with van der Waals surface area (Å²) in [5.74, 6) is -0.934. The third-order valence-corrected chi connectivity index (χ3v) is 7.84. The Morgan fingerprint density at radius 2 is 1.10 bits per heavy atom. The maximum absolute atomic E-state index is 11.0. The zero-order valence-corrected chi connectivity index (χ0v) is 25.4. The lowest BCUT2D eigenvalue weighted by Gasteiger charge is -2.06. The molecule has 0 spiro atoms. The lowest BCUT2D eigenvalue weighted by atomic mass is 10.1. The van der Waals surface area contributed by atoms with E-state index < -0.39 is 5.97 Å². The second-order valence-electron chi connectivity index (χ2n) is 11.0. The number of imidazole rings is 2. The van der Waals surface area contributed by atoms with Crippen LogP contribution in [0.4, 0.5) is 0 Å². The van der Waals surface area contributed by atoms with Gasteiger partial charge >= 0.3 is 5.97 Å². The molecule has 0 radical (unpaired) electrons. The summed E-state index contributed by atoms with van der Waals surface area (Å²) in [4.78, 5) is 19.9. The Balaban J connectivity index is 0.000000184. The molecule has 49 heavy (non-hydrogen) atoms. The Hall–Kier alpha value is -6.80. The van der Waals surface area contributed by atoms with E-state index in [1.165, 1.54) is 0 Å². The highest BCUT2D eigenvalue weighted by Gasteiger charge is 2.10. The number of nitriles is 1. The summed E-state index contributed by atoms with van der Waals surface area (Å²) < 4.78 is 7.52. The fraction of sp³-hybridized carbons (Fsp3) is 0.105. The van der Waals surface area contributed by atoms with E-state index in [2.05, 4.69) is 44.4 Å². The van der Waals surface area contributed by atoms with Gasteiger partial charge in [-0.25, -0.2) is 14.8 Å². The number of fused-ring (bicyclic) bond motifs is 2. The summed E-state index contributed by atoms with van der Waals surface area (Å²) in [6.07, 6.45) is 11.2. The van der Waals surface area contributed by atoms with Crippen molar-refractivity contribution in [2.45, 2.75) is 14.9 Å². The molecule has 0 fully saturated rings. The average Bonchev–Trinajstić information content (AvgIpc) is 3.91. The highest BCUT2D eigenvalue weighted by molar-refractivity contribution is 5.88. The minimum Gasteiger partial charge on any atom is -0.478 e. The van der Waals surface area contributed by atoms with Gasteiger partial charge in [0.2, 0.25) is 0 Å². The molecule has 0 aliphatic carbocycles. The minimum atomic E-state index is -0.934. The Kier molecular flexibility index (Phi) is 9.52. The lowest BCUT2D eigenvalue weighted by Crippen LogP contribution is -1.97. The molecular weight excluding hydrogens is 614 g/mol. The Bertz CT molecular complexity index is 2420. The molecule has 0 bridgehead atoms. The maximum atomic E-state index is 11.0. The molecule has 244 valence electrons. The van der Waals surface area contributed by atoms with Crippen LogP contribution >= 0.6 is 0 Å². The van der Waals surface area contributed by atoms with Gasteiger partial charge in [0.25, 0.3) is 0 Å². The van der Waals surface area contributed by atoms with E-state index in [1.807, 2.05) is 90.5 Å². The zero-order valence-electron chi connectivity index (χ0n) is 25.4. The van der Waals surface area contributed by atoms with Crippen LogP contribution in [0.3, 0.4) is 0 Å². The van der Waals surface area contributed by atoms with Crippen molar-refractivity contribution >= 4 is 28.0 Å². The molecule has 8 rings (SSSR count). The number of carbonyl (C=O) groups is 1. The van der Waals surface area contributed by atoms with Crippen molar-refractivity contribution in [3.8, 4) is 39.7 Å². The molecule has 0 amide bonds. The van der Waals surface area contributed by atoms with Crippen molar-refractivity contribution in [1.82, 2.24) is 38.7 Å². The van der Waals surface area contributed by atoms with Gasteiger partial charge in [0.1, 0.15) is 12.7 Å². The SMILES string of the molecule is C.C.Cn1cc(-c2ccc3ncn(-c4ccc(C#N)cc4)c3c2)cn1.Cn1cc(-c2ccc3ncn(-c4ccc(C(=O)O)cc4)c3c2)cn1. The summed E-state index contributed by atoms with van der Waals surface area (Å²) in [6, 6.07) is 28.6. The molecule has 11 nitrogen and oxygen atoms in total. The van der Waals surface area contributed by atoms with Gasteiger partial charge in [-0.3, -0.25) is 18.5 Å². The number of carboxylic acid groups (broad SMARTS) is 1. The van der Waals surface area contributed by atoms with Gasteiger partial charge in [-0.15, -0.1) is 0 Å². The lowest BCUT2D eigenvalue weighted by molar-refractivity contribution is 0.0697. The number of nitrogens with zero attached hydrogens (tertiary/aromatic N) is 9. The third kappa shape index (κ3) is 6.70. The second-order valence-corrected chi connectivity index (χ2v) is 11.0. The third-order valence-electron chi connectivity index (χ3n) is 7.84. The standard InChI is InChI=1S/C18H13N5.C18H14N4O2.2CH4/c1-22-11-15(10-21-22)14-4-7-17-18(8-14)23(12-20-17)16-5-2-13(9-19)3-6-16;1-21-10-14(9-20-21)13-4-7-16-17(8-13)22(11-19-16)15-5-2-12(3-6-15)18(23)24;;/h2-8,10-12H,1H3;2-11H,1H3,(H,23,24);2*1H4. The van der Waals surface area contributed by atoms with Crippen molar-refractivity contribution in [2.75, 3.05) is 0 Å². The fourth-order valence-corrected chi connectivity index (χ4v) is 5.39. The minimum absolute atomic E-state index is 0. The van der Waals surface area contributed by atoms with Crippen molar-refractivity contribution in [2.24, 2.45) is 14.1 Å². The molecule has 0 unspecified atom stereocenters. The topological polar surface area (TPSA) is 132 Å². The van der Waals surface area contributed by atoms with Crippen molar-refractivity contribution in [1.29, 1.82) is 5.26 Å². The number of aromatic nitrogens is 8. The quantitative estimate of drug-likeness (QED) is 0.202. The first-order valence-corrected chi connectivity index (χ1v) is 14.6. The number of carboxylic acids is 1. The van der Waals surface area contributed by atoms with Crippen LogP contribution in [0.2, 0.25) is 0 Å². The number of hydrogen-bond acceptors (Lipinski definition) is 6. The number of aryl methyl sites for hydroxylation is 2. The van der Waals surface area contributed by atoms with Crippen LogP contribution in [0.15, 0.2) is 122 Å². The molecule has 8 aromatic rings. The normalized spacial score (nSPS) is 10.5. The molecular formula is C38H35N9O2. The largest absolute Gasteiger partial charge is 0.478 e. The van der Waals surface area contributed by atoms with Crippen LogP contribution < -0.4 is 0 Å². The van der Waals surface area contributed by atoms with E-state index in [-0.39, 0.29) is 20.4 Å². The Morgan fingerprint density at radius 1 is 0.653 bits per heavy atom. The smallest absolute Gasteiger partial charge is 0.335 e. The zero-order chi connectivity index (χ0) is 32.5. The van der Waals surface area contributed by atoms with E-state index in [0.29, 0.717) is 5.56 Å². The molecule has 0 aliphatic heterocycles. The van der Waals surface area contributed by atoms with Crippen LogP contribution in [0.1, 0.15) is 30.8 Å². The number of rotatable bonds is 5. The highest BCUT2D eigenvalue weighted by atomic mass is 16.4. The van der Waals surface area contributed by atoms with Crippen LogP contribution in [-0.4, -0.2) is 49.7 Å². The van der Waals surface area contributed by atoms with Gasteiger partial charge in [-0.2, -0.15) is 15.5 Å². The van der Waals surface area contributed by atoms with Crippen molar-refractivity contribution < 1.29 is 9.90 Å². The van der Waals surface area contributed by atoms with E-state index in [0.717, 1.165) is 55.7 Å². The van der Waals surface area contributed by atoms with Gasteiger partial charge in [0, 0.05) is 49.0 Å². The van der Waals surface area contributed by atoms with Crippen LogP contribution in [0, 0.1) is 11.3 Å².